The van der Waals surface area contributed by atoms with Gasteiger partial charge in [0.25, 0.3) is 0 Å². The fourth-order valence-corrected chi connectivity index (χ4v) is 1.76. The van der Waals surface area contributed by atoms with Gasteiger partial charge >= 0.3 is 5.97 Å². The van der Waals surface area contributed by atoms with E-state index >= 15 is 0 Å². The number of nitrogens with one attached hydrogen (secondary N) is 1. The fraction of sp³-hybridized carbons (Fsp3) is 0.231. The van der Waals surface area contributed by atoms with Gasteiger partial charge in [0.2, 0.25) is 5.91 Å². The van der Waals surface area contributed by atoms with E-state index in [1.54, 1.807) is 18.2 Å². The maximum Gasteiger partial charge on any atom is 0.328 e. The lowest BCUT2D eigenvalue weighted by Gasteiger charge is -2.19. The second kappa shape index (κ2) is 6.08. The van der Waals surface area contributed by atoms with E-state index in [1.165, 1.54) is 26.0 Å². The summed E-state index contributed by atoms with van der Waals surface area (Å²) in [6.45, 7) is 2.78. The van der Waals surface area contributed by atoms with Gasteiger partial charge in [0.15, 0.2) is 0 Å². The number of carboxylic acid groups (broad SMARTS) is 1. The summed E-state index contributed by atoms with van der Waals surface area (Å²) in [7, 11) is 0. The Hall–Kier alpha value is -1.52. The van der Waals surface area contributed by atoms with Crippen LogP contribution >= 0.6 is 23.2 Å². The van der Waals surface area contributed by atoms with Gasteiger partial charge in [0.1, 0.15) is 5.54 Å². The van der Waals surface area contributed by atoms with Crippen LogP contribution in [0.2, 0.25) is 10.0 Å². The molecular formula is C13H13Cl2NO3. The number of carboxylic acids is 1. The van der Waals surface area contributed by atoms with Crippen molar-refractivity contribution in [3.63, 3.8) is 0 Å². The topological polar surface area (TPSA) is 66.4 Å². The number of amides is 1. The van der Waals surface area contributed by atoms with Gasteiger partial charge in [0, 0.05) is 21.7 Å². The molecule has 1 aromatic rings. The standard InChI is InChI=1S/C13H13Cl2NO3/c1-13(2,12(18)19)16-11(17)7-6-8-9(14)4-3-5-10(8)15/h3-7H,1-2H3,(H,16,17)(H,18,19)/b7-6+. The number of aliphatic carboxylic acids is 1. The van der Waals surface area contributed by atoms with Crippen LogP contribution in [0, 0.1) is 0 Å². The molecule has 1 aromatic carbocycles. The van der Waals surface area contributed by atoms with Crippen molar-refractivity contribution in [2.75, 3.05) is 0 Å². The summed E-state index contributed by atoms with van der Waals surface area (Å²) in [5.41, 5.74) is -0.833. The maximum atomic E-state index is 11.6. The molecule has 102 valence electrons. The highest BCUT2D eigenvalue weighted by Gasteiger charge is 2.27. The van der Waals surface area contributed by atoms with Crippen LogP contribution in [0.3, 0.4) is 0 Å². The molecule has 0 unspecified atom stereocenters. The molecule has 4 nitrogen and oxygen atoms in total. The molecule has 0 atom stereocenters. The largest absolute Gasteiger partial charge is 0.480 e. The average molecular weight is 302 g/mol. The van der Waals surface area contributed by atoms with Crippen LogP contribution in [0.5, 0.6) is 0 Å². The normalized spacial score (nSPS) is 11.6. The van der Waals surface area contributed by atoms with E-state index in [2.05, 4.69) is 5.32 Å². The molecule has 0 aromatic heterocycles. The minimum atomic E-state index is -1.34. The van der Waals surface area contributed by atoms with Crippen LogP contribution in [0.15, 0.2) is 24.3 Å². The highest BCUT2D eigenvalue weighted by Crippen LogP contribution is 2.25. The zero-order chi connectivity index (χ0) is 14.6. The van der Waals surface area contributed by atoms with Crippen molar-refractivity contribution in [2.45, 2.75) is 19.4 Å². The Balaban J connectivity index is 2.83. The molecule has 1 rings (SSSR count). The third kappa shape index (κ3) is 4.26. The van der Waals surface area contributed by atoms with Crippen LogP contribution in [0.4, 0.5) is 0 Å². The van der Waals surface area contributed by atoms with Gasteiger partial charge in [-0.15, -0.1) is 0 Å². The van der Waals surface area contributed by atoms with E-state index in [0.717, 1.165) is 0 Å². The molecule has 0 aliphatic carbocycles. The molecule has 2 N–H and O–H groups in total. The Labute approximate surface area is 121 Å². The minimum absolute atomic E-state index is 0.411. The Kier molecular flexibility index (Phi) is 4.97. The highest BCUT2D eigenvalue weighted by molar-refractivity contribution is 6.37. The Bertz CT molecular complexity index is 518. The lowest BCUT2D eigenvalue weighted by atomic mass is 10.1. The molecule has 1 amide bonds. The monoisotopic (exact) mass is 301 g/mol. The summed E-state index contributed by atoms with van der Waals surface area (Å²) >= 11 is 11.9. The fourth-order valence-electron chi connectivity index (χ4n) is 1.23. The van der Waals surface area contributed by atoms with Crippen molar-refractivity contribution >= 4 is 41.2 Å². The second-order valence-corrected chi connectivity index (χ2v) is 5.20. The summed E-state index contributed by atoms with van der Waals surface area (Å²) in [5, 5.41) is 12.1. The van der Waals surface area contributed by atoms with Crippen LogP contribution in [-0.2, 0) is 9.59 Å². The average Bonchev–Trinajstić information content (AvgIpc) is 2.27. The third-order valence-corrected chi connectivity index (χ3v) is 3.03. The summed E-state index contributed by atoms with van der Waals surface area (Å²) in [6.07, 6.45) is 2.63. The highest BCUT2D eigenvalue weighted by atomic mass is 35.5. The molecular weight excluding hydrogens is 289 g/mol. The van der Waals surface area contributed by atoms with Crippen LogP contribution < -0.4 is 5.32 Å². The molecule has 6 heteroatoms. The van der Waals surface area contributed by atoms with Crippen molar-refractivity contribution < 1.29 is 14.7 Å². The van der Waals surface area contributed by atoms with E-state index in [4.69, 9.17) is 28.3 Å². The predicted octanol–water partition coefficient (Wildman–Crippen LogP) is 2.99. The molecule has 0 fully saturated rings. The van der Waals surface area contributed by atoms with Gasteiger partial charge in [-0.25, -0.2) is 4.79 Å². The second-order valence-electron chi connectivity index (χ2n) is 4.39. The third-order valence-electron chi connectivity index (χ3n) is 2.37. The number of hydrogen-bond donors (Lipinski definition) is 2. The lowest BCUT2D eigenvalue weighted by molar-refractivity contribution is -0.145. The summed E-state index contributed by atoms with van der Waals surface area (Å²) in [6, 6.07) is 4.98. The number of benzene rings is 1. The smallest absolute Gasteiger partial charge is 0.328 e. The quantitative estimate of drug-likeness (QED) is 0.840. The molecule has 0 spiro atoms. The Morgan fingerprint density at radius 3 is 2.26 bits per heavy atom. The molecule has 0 radical (unpaired) electrons. The molecule has 0 bridgehead atoms. The predicted molar refractivity (Wildman–Crippen MR) is 75.4 cm³/mol. The van der Waals surface area contributed by atoms with E-state index < -0.39 is 17.4 Å². The molecule has 0 saturated carbocycles. The van der Waals surface area contributed by atoms with Gasteiger partial charge in [-0.3, -0.25) is 4.79 Å². The summed E-state index contributed by atoms with van der Waals surface area (Å²) < 4.78 is 0. The van der Waals surface area contributed by atoms with Crippen LogP contribution in [0.1, 0.15) is 19.4 Å². The first-order chi connectivity index (χ1) is 8.74. The number of carbonyl (C=O) groups excluding carboxylic acids is 1. The van der Waals surface area contributed by atoms with E-state index in [9.17, 15) is 9.59 Å². The van der Waals surface area contributed by atoms with Crippen molar-refractivity contribution in [1.82, 2.24) is 5.32 Å². The van der Waals surface area contributed by atoms with Crippen molar-refractivity contribution in [3.05, 3.63) is 39.9 Å². The van der Waals surface area contributed by atoms with Crippen LogP contribution in [-0.4, -0.2) is 22.5 Å². The number of carbonyl (C=O) groups is 2. The van der Waals surface area contributed by atoms with Gasteiger partial charge in [0.05, 0.1) is 0 Å². The van der Waals surface area contributed by atoms with Crippen molar-refractivity contribution in [1.29, 1.82) is 0 Å². The van der Waals surface area contributed by atoms with Gasteiger partial charge in [-0.1, -0.05) is 29.3 Å². The van der Waals surface area contributed by atoms with Gasteiger partial charge in [-0.2, -0.15) is 0 Å². The van der Waals surface area contributed by atoms with E-state index in [1.807, 2.05) is 0 Å². The van der Waals surface area contributed by atoms with Gasteiger partial charge < -0.3 is 10.4 Å². The zero-order valence-corrected chi connectivity index (χ0v) is 11.9. The Morgan fingerprint density at radius 2 is 1.79 bits per heavy atom. The van der Waals surface area contributed by atoms with E-state index in [-0.39, 0.29) is 0 Å². The van der Waals surface area contributed by atoms with Crippen LogP contribution in [0.25, 0.3) is 6.08 Å². The first-order valence-electron chi connectivity index (χ1n) is 5.41. The first kappa shape index (κ1) is 15.5. The number of hydrogen-bond acceptors (Lipinski definition) is 2. The SMILES string of the molecule is CC(C)(NC(=O)/C=C/c1c(Cl)cccc1Cl)C(=O)O. The van der Waals surface area contributed by atoms with Crippen molar-refractivity contribution in [3.8, 4) is 0 Å². The first-order valence-corrected chi connectivity index (χ1v) is 6.17. The van der Waals surface area contributed by atoms with Crippen molar-refractivity contribution in [2.24, 2.45) is 0 Å². The zero-order valence-electron chi connectivity index (χ0n) is 10.4. The lowest BCUT2D eigenvalue weighted by Crippen LogP contribution is -2.49. The summed E-state index contributed by atoms with van der Waals surface area (Å²) in [4.78, 5) is 22.5. The van der Waals surface area contributed by atoms with Gasteiger partial charge in [-0.05, 0) is 32.1 Å². The minimum Gasteiger partial charge on any atom is -0.480 e. The molecule has 0 heterocycles. The molecule has 0 aliphatic heterocycles. The van der Waals surface area contributed by atoms with E-state index in [0.29, 0.717) is 15.6 Å². The Morgan fingerprint density at radius 1 is 1.26 bits per heavy atom. The molecule has 0 saturated heterocycles. The molecule has 0 aliphatic rings. The summed E-state index contributed by atoms with van der Waals surface area (Å²) in [5.74, 6) is -1.66. The maximum absolute atomic E-state index is 11.6. The number of rotatable bonds is 4. The molecule has 19 heavy (non-hydrogen) atoms. The number of halogens is 2.